The molecular weight excluding hydrogens is 248 g/mol. The van der Waals surface area contributed by atoms with Crippen LogP contribution in [0.1, 0.15) is 51.5 Å². The first-order valence-electron chi connectivity index (χ1n) is 8.00. The van der Waals surface area contributed by atoms with Crippen LogP contribution in [0.15, 0.2) is 30.3 Å². The van der Waals surface area contributed by atoms with Gasteiger partial charge in [0.05, 0.1) is 6.10 Å². The largest absolute Gasteiger partial charge is 0.392 e. The summed E-state index contributed by atoms with van der Waals surface area (Å²) in [7, 11) is 0. The Hall–Kier alpha value is -0.860. The number of rotatable bonds is 6. The molecule has 2 atom stereocenters. The number of aliphatic hydroxyl groups is 1. The molecule has 1 heterocycles. The normalized spacial score (nSPS) is 21.4. The molecule has 0 bridgehead atoms. The van der Waals surface area contributed by atoms with Crippen molar-refractivity contribution in [3.05, 3.63) is 35.9 Å². The maximum absolute atomic E-state index is 10.9. The van der Waals surface area contributed by atoms with Crippen LogP contribution in [-0.2, 0) is 10.2 Å². The Morgan fingerprint density at radius 3 is 2.45 bits per heavy atom. The van der Waals surface area contributed by atoms with Crippen LogP contribution in [0.4, 0.5) is 0 Å². The van der Waals surface area contributed by atoms with E-state index in [1.54, 1.807) is 0 Å². The highest BCUT2D eigenvalue weighted by Gasteiger charge is 2.41. The van der Waals surface area contributed by atoms with Gasteiger partial charge in [-0.05, 0) is 30.7 Å². The third-order valence-electron chi connectivity index (χ3n) is 4.78. The molecule has 2 rings (SSSR count). The van der Waals surface area contributed by atoms with Gasteiger partial charge in [0.2, 0.25) is 0 Å². The minimum Gasteiger partial charge on any atom is -0.392 e. The van der Waals surface area contributed by atoms with E-state index < -0.39 is 0 Å². The van der Waals surface area contributed by atoms with Crippen LogP contribution >= 0.6 is 0 Å². The van der Waals surface area contributed by atoms with E-state index in [0.29, 0.717) is 5.92 Å². The van der Waals surface area contributed by atoms with E-state index in [2.05, 4.69) is 38.1 Å². The molecule has 1 fully saturated rings. The maximum Gasteiger partial charge on any atom is 0.0641 e. The topological polar surface area (TPSA) is 29.5 Å². The summed E-state index contributed by atoms with van der Waals surface area (Å²) in [5.41, 5.74) is 1.17. The minimum absolute atomic E-state index is 0.110. The van der Waals surface area contributed by atoms with Crippen molar-refractivity contribution < 1.29 is 9.84 Å². The summed E-state index contributed by atoms with van der Waals surface area (Å²) in [6.45, 7) is 5.98. The van der Waals surface area contributed by atoms with E-state index >= 15 is 0 Å². The van der Waals surface area contributed by atoms with Crippen molar-refractivity contribution in [2.45, 2.75) is 57.5 Å². The number of hydrogen-bond donors (Lipinski definition) is 1. The summed E-state index contributed by atoms with van der Waals surface area (Å²) >= 11 is 0. The predicted molar refractivity (Wildman–Crippen MR) is 82.9 cm³/mol. The highest BCUT2D eigenvalue weighted by molar-refractivity contribution is 5.27. The fraction of sp³-hybridized carbons (Fsp3) is 0.667. The fourth-order valence-electron chi connectivity index (χ4n) is 3.54. The van der Waals surface area contributed by atoms with Crippen LogP contribution in [0.5, 0.6) is 0 Å². The van der Waals surface area contributed by atoms with Crippen LogP contribution < -0.4 is 0 Å². The zero-order chi connectivity index (χ0) is 14.4. The van der Waals surface area contributed by atoms with Crippen LogP contribution in [0.3, 0.4) is 0 Å². The Kier molecular flexibility index (Phi) is 5.62. The summed E-state index contributed by atoms with van der Waals surface area (Å²) in [4.78, 5) is 0. The number of aliphatic hydroxyl groups excluding tert-OH is 1. The smallest absolute Gasteiger partial charge is 0.0641 e. The van der Waals surface area contributed by atoms with Crippen molar-refractivity contribution in [3.8, 4) is 0 Å². The first-order chi connectivity index (χ1) is 9.69. The van der Waals surface area contributed by atoms with Gasteiger partial charge in [-0.1, -0.05) is 57.0 Å². The van der Waals surface area contributed by atoms with Gasteiger partial charge in [-0.25, -0.2) is 0 Å². The standard InChI is InChI=1S/C18H28O2/c1-3-7-15(2)14-17(19)18(10-12-20-13-11-18)16-8-5-4-6-9-16/h4-6,8-9,15,17,19H,3,7,10-14H2,1-2H3. The van der Waals surface area contributed by atoms with Crippen molar-refractivity contribution >= 4 is 0 Å². The molecule has 2 nitrogen and oxygen atoms in total. The van der Waals surface area contributed by atoms with E-state index in [9.17, 15) is 5.11 Å². The van der Waals surface area contributed by atoms with Crippen molar-refractivity contribution in [3.63, 3.8) is 0 Å². The number of ether oxygens (including phenoxy) is 1. The second-order valence-corrected chi connectivity index (χ2v) is 6.28. The molecule has 1 aromatic carbocycles. The lowest BCUT2D eigenvalue weighted by atomic mass is 9.68. The summed E-state index contributed by atoms with van der Waals surface area (Å²) in [5, 5.41) is 10.9. The van der Waals surface area contributed by atoms with Gasteiger partial charge in [0, 0.05) is 18.6 Å². The predicted octanol–water partition coefficient (Wildman–Crippen LogP) is 3.92. The second-order valence-electron chi connectivity index (χ2n) is 6.28. The molecule has 1 N–H and O–H groups in total. The average molecular weight is 276 g/mol. The lowest BCUT2D eigenvalue weighted by Gasteiger charge is -2.42. The van der Waals surface area contributed by atoms with Gasteiger partial charge >= 0.3 is 0 Å². The van der Waals surface area contributed by atoms with E-state index in [1.165, 1.54) is 18.4 Å². The van der Waals surface area contributed by atoms with Gasteiger partial charge in [-0.3, -0.25) is 0 Å². The number of benzene rings is 1. The van der Waals surface area contributed by atoms with Gasteiger partial charge in [0.25, 0.3) is 0 Å². The summed E-state index contributed by atoms with van der Waals surface area (Å²) < 4.78 is 5.54. The Morgan fingerprint density at radius 2 is 1.85 bits per heavy atom. The van der Waals surface area contributed by atoms with Gasteiger partial charge < -0.3 is 9.84 Å². The molecule has 1 saturated heterocycles. The minimum atomic E-state index is -0.268. The summed E-state index contributed by atoms with van der Waals surface area (Å²) in [5.74, 6) is 0.582. The zero-order valence-corrected chi connectivity index (χ0v) is 12.8. The molecule has 2 heteroatoms. The van der Waals surface area contributed by atoms with Crippen LogP contribution in [0.25, 0.3) is 0 Å². The lowest BCUT2D eigenvalue weighted by molar-refractivity contribution is -0.0244. The van der Waals surface area contributed by atoms with E-state index in [0.717, 1.165) is 32.5 Å². The first kappa shape index (κ1) is 15.5. The van der Waals surface area contributed by atoms with Crippen molar-refractivity contribution in [2.75, 3.05) is 13.2 Å². The molecule has 0 spiro atoms. The molecule has 20 heavy (non-hydrogen) atoms. The van der Waals surface area contributed by atoms with E-state index in [-0.39, 0.29) is 11.5 Å². The second kappa shape index (κ2) is 7.24. The Balaban J connectivity index is 2.18. The molecule has 0 amide bonds. The molecular formula is C18H28O2. The Bertz CT molecular complexity index is 382. The van der Waals surface area contributed by atoms with Crippen molar-refractivity contribution in [1.29, 1.82) is 0 Å². The third kappa shape index (κ3) is 3.42. The molecule has 1 aliphatic rings. The summed E-state index contributed by atoms with van der Waals surface area (Å²) in [6, 6.07) is 10.5. The quantitative estimate of drug-likeness (QED) is 0.853. The first-order valence-corrected chi connectivity index (χ1v) is 8.00. The van der Waals surface area contributed by atoms with Gasteiger partial charge in [-0.15, -0.1) is 0 Å². The van der Waals surface area contributed by atoms with Gasteiger partial charge in [0.15, 0.2) is 0 Å². The van der Waals surface area contributed by atoms with E-state index in [1.807, 2.05) is 6.07 Å². The Morgan fingerprint density at radius 1 is 1.20 bits per heavy atom. The highest BCUT2D eigenvalue weighted by Crippen LogP contribution is 2.40. The van der Waals surface area contributed by atoms with Gasteiger partial charge in [-0.2, -0.15) is 0 Å². The molecule has 1 aromatic rings. The molecule has 1 aliphatic heterocycles. The third-order valence-corrected chi connectivity index (χ3v) is 4.78. The molecule has 0 aliphatic carbocycles. The maximum atomic E-state index is 10.9. The molecule has 0 aromatic heterocycles. The molecule has 2 unspecified atom stereocenters. The Labute approximate surface area is 123 Å². The highest BCUT2D eigenvalue weighted by atomic mass is 16.5. The molecule has 0 saturated carbocycles. The number of hydrogen-bond acceptors (Lipinski definition) is 2. The SMILES string of the molecule is CCCC(C)CC(O)C1(c2ccccc2)CCOCC1. The fourth-order valence-corrected chi connectivity index (χ4v) is 3.54. The molecule has 0 radical (unpaired) electrons. The van der Waals surface area contributed by atoms with Crippen LogP contribution in [-0.4, -0.2) is 24.4 Å². The van der Waals surface area contributed by atoms with Crippen LogP contribution in [0, 0.1) is 5.92 Å². The average Bonchev–Trinajstić information content (AvgIpc) is 2.49. The van der Waals surface area contributed by atoms with Crippen molar-refractivity contribution in [2.24, 2.45) is 5.92 Å². The monoisotopic (exact) mass is 276 g/mol. The van der Waals surface area contributed by atoms with E-state index in [4.69, 9.17) is 4.74 Å². The zero-order valence-electron chi connectivity index (χ0n) is 12.8. The summed E-state index contributed by atoms with van der Waals surface area (Å²) in [6.07, 6.45) is 4.86. The van der Waals surface area contributed by atoms with Crippen molar-refractivity contribution in [1.82, 2.24) is 0 Å². The molecule has 112 valence electrons. The van der Waals surface area contributed by atoms with Gasteiger partial charge in [0.1, 0.15) is 0 Å². The lowest BCUT2D eigenvalue weighted by Crippen LogP contribution is -2.45. The van der Waals surface area contributed by atoms with Crippen LogP contribution in [0.2, 0.25) is 0 Å².